The van der Waals surface area contributed by atoms with Crippen LogP contribution in [0.2, 0.25) is 0 Å². The number of carbonyl (C=O) groups is 1. The van der Waals surface area contributed by atoms with Gasteiger partial charge in [-0.25, -0.2) is 0 Å². The lowest BCUT2D eigenvalue weighted by molar-refractivity contribution is 0.0661. The van der Waals surface area contributed by atoms with Crippen LogP contribution in [0.3, 0.4) is 0 Å². The zero-order chi connectivity index (χ0) is 14.0. The number of piperidine rings is 1. The molecule has 0 saturated carbocycles. The fraction of sp³-hybridized carbons (Fsp3) is 0.571. The van der Waals surface area contributed by atoms with Crippen molar-refractivity contribution < 1.29 is 4.79 Å². The number of hydrogen-bond donors (Lipinski definition) is 1. The molecule has 1 amide bonds. The van der Waals surface area contributed by atoms with Gasteiger partial charge in [0.25, 0.3) is 5.91 Å². The van der Waals surface area contributed by atoms with Gasteiger partial charge in [0.05, 0.1) is 0 Å². The topological polar surface area (TPSA) is 56.4 Å². The van der Waals surface area contributed by atoms with Crippen LogP contribution >= 0.6 is 0 Å². The van der Waals surface area contributed by atoms with Crippen LogP contribution in [0.4, 0.5) is 0 Å². The average Bonchev–Trinajstić information content (AvgIpc) is 2.38. The molecule has 5 nitrogen and oxygen atoms in total. The summed E-state index contributed by atoms with van der Waals surface area (Å²) >= 11 is 0. The highest BCUT2D eigenvalue weighted by Crippen LogP contribution is 2.15. The van der Waals surface area contributed by atoms with Gasteiger partial charge >= 0.3 is 0 Å². The summed E-state index contributed by atoms with van der Waals surface area (Å²) in [6.45, 7) is 3.24. The predicted molar refractivity (Wildman–Crippen MR) is 74.4 cm³/mol. The lowest BCUT2D eigenvalue weighted by Crippen LogP contribution is -2.45. The Balaban J connectivity index is 2.07. The number of pyridine rings is 1. The summed E-state index contributed by atoms with van der Waals surface area (Å²) in [5.74, 6) is -0.154. The minimum Gasteiger partial charge on any atom is -0.364 e. The molecule has 1 N–H and O–H groups in total. The van der Waals surface area contributed by atoms with Crippen molar-refractivity contribution in [3.8, 4) is 0 Å². The molecule has 0 aromatic carbocycles. The summed E-state index contributed by atoms with van der Waals surface area (Å²) in [5.41, 5.74) is 0.817. The summed E-state index contributed by atoms with van der Waals surface area (Å²) in [6.07, 6.45) is 3.45. The van der Waals surface area contributed by atoms with Gasteiger partial charge in [0.1, 0.15) is 5.56 Å². The standard InChI is InChI=1S/C14H21N3O2/c1-10-8-13(18)12(9-15-10)14(19)17-6-4-11(5-7-17)16(2)3/h8-9,11H,4-7H2,1-3H3,(H,15,18). The Hall–Kier alpha value is -1.62. The first-order valence-electron chi connectivity index (χ1n) is 6.64. The largest absolute Gasteiger partial charge is 0.364 e. The van der Waals surface area contributed by atoms with Crippen molar-refractivity contribution >= 4 is 5.91 Å². The number of nitrogens with one attached hydrogen (secondary N) is 1. The first kappa shape index (κ1) is 13.8. The van der Waals surface area contributed by atoms with Gasteiger partial charge in [-0.1, -0.05) is 0 Å². The number of H-pyrrole nitrogens is 1. The number of amides is 1. The van der Waals surface area contributed by atoms with Gasteiger partial charge in [-0.15, -0.1) is 0 Å². The molecule has 1 fully saturated rings. The molecule has 0 aliphatic carbocycles. The van der Waals surface area contributed by atoms with Crippen molar-refractivity contribution in [2.75, 3.05) is 27.2 Å². The molecule has 5 heteroatoms. The van der Waals surface area contributed by atoms with Crippen LogP contribution in [0.1, 0.15) is 28.9 Å². The second-order valence-corrected chi connectivity index (χ2v) is 5.38. The van der Waals surface area contributed by atoms with Crippen LogP contribution in [-0.2, 0) is 0 Å². The Labute approximate surface area is 113 Å². The minimum atomic E-state index is -0.198. The Kier molecular flexibility index (Phi) is 4.04. The van der Waals surface area contributed by atoms with E-state index in [2.05, 4.69) is 24.0 Å². The maximum absolute atomic E-state index is 12.3. The molecule has 1 aromatic heterocycles. The van der Waals surface area contributed by atoms with E-state index in [-0.39, 0.29) is 16.9 Å². The molecule has 19 heavy (non-hydrogen) atoms. The van der Waals surface area contributed by atoms with Gasteiger partial charge in [0.15, 0.2) is 5.43 Å². The van der Waals surface area contributed by atoms with Crippen LogP contribution in [0.5, 0.6) is 0 Å². The highest BCUT2D eigenvalue weighted by Gasteiger charge is 2.25. The Morgan fingerprint density at radius 2 is 2.00 bits per heavy atom. The second-order valence-electron chi connectivity index (χ2n) is 5.38. The number of aromatic nitrogens is 1. The van der Waals surface area contributed by atoms with Crippen LogP contribution < -0.4 is 5.43 Å². The minimum absolute atomic E-state index is 0.154. The normalized spacial score (nSPS) is 16.9. The fourth-order valence-electron chi connectivity index (χ4n) is 2.50. The van der Waals surface area contributed by atoms with Gasteiger partial charge < -0.3 is 14.8 Å². The molecular weight excluding hydrogens is 242 g/mol. The van der Waals surface area contributed by atoms with Crippen LogP contribution in [0.25, 0.3) is 0 Å². The molecule has 1 aliphatic heterocycles. The maximum Gasteiger partial charge on any atom is 0.259 e. The number of nitrogens with zero attached hydrogens (tertiary/aromatic N) is 2. The SMILES string of the molecule is Cc1cc(=O)c(C(=O)N2CCC(N(C)C)CC2)c[nH]1. The van der Waals surface area contributed by atoms with Crippen molar-refractivity contribution in [1.29, 1.82) is 0 Å². The van der Waals surface area contributed by atoms with E-state index in [0.29, 0.717) is 6.04 Å². The zero-order valence-electron chi connectivity index (χ0n) is 11.8. The molecular formula is C14H21N3O2. The summed E-state index contributed by atoms with van der Waals surface area (Å²) < 4.78 is 0. The molecule has 0 unspecified atom stereocenters. The van der Waals surface area contributed by atoms with Gasteiger partial charge in [0.2, 0.25) is 0 Å². The number of aromatic amines is 1. The number of rotatable bonds is 2. The fourth-order valence-corrected chi connectivity index (χ4v) is 2.50. The molecule has 0 spiro atoms. The Bertz CT molecular complexity index is 514. The summed E-state index contributed by atoms with van der Waals surface area (Å²) in [5, 5.41) is 0. The molecule has 0 bridgehead atoms. The molecule has 0 atom stereocenters. The smallest absolute Gasteiger partial charge is 0.259 e. The van der Waals surface area contributed by atoms with Crippen molar-refractivity contribution in [3.63, 3.8) is 0 Å². The Morgan fingerprint density at radius 1 is 1.37 bits per heavy atom. The molecule has 1 aliphatic rings. The lowest BCUT2D eigenvalue weighted by Gasteiger charge is -2.35. The molecule has 1 saturated heterocycles. The highest BCUT2D eigenvalue weighted by molar-refractivity contribution is 5.93. The Morgan fingerprint density at radius 3 is 2.53 bits per heavy atom. The van der Waals surface area contributed by atoms with E-state index in [0.717, 1.165) is 31.6 Å². The van der Waals surface area contributed by atoms with E-state index in [1.807, 2.05) is 0 Å². The average molecular weight is 263 g/mol. The second kappa shape index (κ2) is 5.57. The molecule has 2 rings (SSSR count). The third-order valence-corrected chi connectivity index (χ3v) is 3.77. The van der Waals surface area contributed by atoms with Crippen LogP contribution in [0.15, 0.2) is 17.1 Å². The van der Waals surface area contributed by atoms with Crippen molar-refractivity contribution in [3.05, 3.63) is 33.7 Å². The van der Waals surface area contributed by atoms with E-state index < -0.39 is 0 Å². The first-order chi connectivity index (χ1) is 8.99. The molecule has 0 radical (unpaired) electrons. The van der Waals surface area contributed by atoms with E-state index in [1.54, 1.807) is 11.8 Å². The predicted octanol–water partition coefficient (Wildman–Crippen LogP) is 0.850. The van der Waals surface area contributed by atoms with E-state index in [9.17, 15) is 9.59 Å². The monoisotopic (exact) mass is 263 g/mol. The molecule has 104 valence electrons. The van der Waals surface area contributed by atoms with E-state index in [4.69, 9.17) is 0 Å². The summed E-state index contributed by atoms with van der Waals surface area (Å²) in [4.78, 5) is 31.0. The quantitative estimate of drug-likeness (QED) is 0.860. The maximum atomic E-state index is 12.3. The van der Waals surface area contributed by atoms with Crippen LogP contribution in [-0.4, -0.2) is 53.9 Å². The third kappa shape index (κ3) is 3.04. The third-order valence-electron chi connectivity index (χ3n) is 3.77. The number of hydrogen-bond acceptors (Lipinski definition) is 3. The first-order valence-corrected chi connectivity index (χ1v) is 6.64. The van der Waals surface area contributed by atoms with Crippen LogP contribution in [0, 0.1) is 6.92 Å². The van der Waals surface area contributed by atoms with Crippen molar-refractivity contribution in [2.24, 2.45) is 0 Å². The lowest BCUT2D eigenvalue weighted by atomic mass is 10.0. The van der Waals surface area contributed by atoms with E-state index >= 15 is 0 Å². The van der Waals surface area contributed by atoms with Crippen molar-refractivity contribution in [1.82, 2.24) is 14.8 Å². The number of carbonyl (C=O) groups excluding carboxylic acids is 1. The number of aryl methyl sites for hydroxylation is 1. The molecule has 1 aromatic rings. The zero-order valence-corrected chi connectivity index (χ0v) is 11.8. The van der Waals surface area contributed by atoms with E-state index in [1.165, 1.54) is 12.3 Å². The number of likely N-dealkylation sites (tertiary alicyclic amines) is 1. The highest BCUT2D eigenvalue weighted by atomic mass is 16.2. The van der Waals surface area contributed by atoms with Gasteiger partial charge in [-0.3, -0.25) is 9.59 Å². The van der Waals surface area contributed by atoms with Gasteiger partial charge in [-0.05, 0) is 33.9 Å². The van der Waals surface area contributed by atoms with Crippen molar-refractivity contribution in [2.45, 2.75) is 25.8 Å². The summed E-state index contributed by atoms with van der Waals surface area (Å²) in [6, 6.07) is 2.00. The van der Waals surface area contributed by atoms with Gasteiger partial charge in [0, 0.05) is 37.1 Å². The van der Waals surface area contributed by atoms with Gasteiger partial charge in [-0.2, -0.15) is 0 Å². The summed E-state index contributed by atoms with van der Waals surface area (Å²) in [7, 11) is 4.12. The molecule has 2 heterocycles.